The zero-order valence-electron chi connectivity index (χ0n) is 17.9. The van der Waals surface area contributed by atoms with Crippen molar-refractivity contribution < 1.29 is 18.7 Å². The Labute approximate surface area is 188 Å². The highest BCUT2D eigenvalue weighted by Gasteiger charge is 2.15. The van der Waals surface area contributed by atoms with Crippen molar-refractivity contribution in [3.05, 3.63) is 84.6 Å². The average molecular weight is 441 g/mol. The molecular weight excluding hydrogens is 422 g/mol. The van der Waals surface area contributed by atoms with Gasteiger partial charge in [0.2, 0.25) is 5.88 Å². The van der Waals surface area contributed by atoms with E-state index in [1.54, 1.807) is 61.8 Å². The van der Waals surface area contributed by atoms with Crippen molar-refractivity contribution in [1.29, 1.82) is 0 Å². The summed E-state index contributed by atoms with van der Waals surface area (Å²) in [6.07, 6.45) is 3.52. The molecule has 5 aromatic rings. The lowest BCUT2D eigenvalue weighted by atomic mass is 10.2. The van der Waals surface area contributed by atoms with E-state index in [0.717, 1.165) is 11.2 Å². The summed E-state index contributed by atoms with van der Waals surface area (Å²) in [4.78, 5) is 16.8. The van der Waals surface area contributed by atoms with E-state index in [1.807, 2.05) is 29.8 Å². The normalized spacial score (nSPS) is 10.8. The Hall–Kier alpha value is -4.66. The average Bonchev–Trinajstić information content (AvgIpc) is 3.47. The van der Waals surface area contributed by atoms with Crippen molar-refractivity contribution in [2.24, 2.45) is 0 Å². The molecule has 5 rings (SSSR count). The first-order chi connectivity index (χ1) is 16.1. The van der Waals surface area contributed by atoms with Crippen LogP contribution in [0.25, 0.3) is 16.8 Å². The number of ether oxygens (including phenoxy) is 2. The van der Waals surface area contributed by atoms with Crippen LogP contribution in [0.3, 0.4) is 0 Å². The number of hydrogen-bond donors (Lipinski definition) is 1. The van der Waals surface area contributed by atoms with Gasteiger partial charge in [-0.25, -0.2) is 4.98 Å². The molecule has 3 aromatic heterocycles. The minimum Gasteiger partial charge on any atom is -0.493 e. The number of methoxy groups -OCH3 is 1. The van der Waals surface area contributed by atoms with Crippen LogP contribution in [0.2, 0.25) is 0 Å². The summed E-state index contributed by atoms with van der Waals surface area (Å²) < 4.78 is 18.5. The van der Waals surface area contributed by atoms with Crippen LogP contribution in [0.15, 0.2) is 77.5 Å². The molecule has 0 fully saturated rings. The third-order valence-electron chi connectivity index (χ3n) is 4.98. The van der Waals surface area contributed by atoms with Gasteiger partial charge in [0.05, 0.1) is 7.11 Å². The number of rotatable bonds is 6. The number of anilines is 1. The second-order valence-corrected chi connectivity index (χ2v) is 7.14. The maximum Gasteiger partial charge on any atom is 0.291 e. The molecule has 33 heavy (non-hydrogen) atoms. The highest BCUT2D eigenvalue weighted by Crippen LogP contribution is 2.29. The van der Waals surface area contributed by atoms with Crippen LogP contribution in [0.5, 0.6) is 17.4 Å². The molecule has 0 saturated carbocycles. The van der Waals surface area contributed by atoms with Crippen LogP contribution in [0, 0.1) is 6.92 Å². The predicted octanol–water partition coefficient (Wildman–Crippen LogP) is 4.77. The van der Waals surface area contributed by atoms with Gasteiger partial charge in [0.25, 0.3) is 5.91 Å². The molecule has 0 aliphatic heterocycles. The fourth-order valence-electron chi connectivity index (χ4n) is 3.34. The van der Waals surface area contributed by atoms with Crippen LogP contribution >= 0.6 is 0 Å². The number of carbonyl (C=O) groups excluding carboxylic acids is 1. The molecule has 0 aliphatic rings. The Morgan fingerprint density at radius 3 is 2.61 bits per heavy atom. The maximum absolute atomic E-state index is 12.6. The number of nitrogens with zero attached hydrogens (tertiary/aromatic N) is 4. The van der Waals surface area contributed by atoms with Gasteiger partial charge >= 0.3 is 0 Å². The van der Waals surface area contributed by atoms with Crippen molar-refractivity contribution in [3.8, 4) is 23.2 Å². The summed E-state index contributed by atoms with van der Waals surface area (Å²) in [7, 11) is 1.56. The van der Waals surface area contributed by atoms with Crippen LogP contribution < -0.4 is 14.8 Å². The summed E-state index contributed by atoms with van der Waals surface area (Å²) in [6.45, 7) is 1.89. The number of fused-ring (bicyclic) bond motifs is 1. The Morgan fingerprint density at radius 2 is 1.91 bits per heavy atom. The first kappa shape index (κ1) is 20.3. The van der Waals surface area contributed by atoms with Crippen LogP contribution in [0.4, 0.5) is 5.69 Å². The monoisotopic (exact) mass is 441 g/mol. The van der Waals surface area contributed by atoms with E-state index < -0.39 is 0 Å². The zero-order chi connectivity index (χ0) is 22.8. The Bertz CT molecular complexity index is 1420. The summed E-state index contributed by atoms with van der Waals surface area (Å²) in [5.74, 6) is 2.78. The van der Waals surface area contributed by atoms with Crippen molar-refractivity contribution in [2.45, 2.75) is 6.92 Å². The minimum absolute atomic E-state index is 0.193. The van der Waals surface area contributed by atoms with Gasteiger partial charge in [0, 0.05) is 29.5 Å². The van der Waals surface area contributed by atoms with Crippen LogP contribution in [0.1, 0.15) is 16.4 Å². The maximum atomic E-state index is 12.6. The molecule has 3 heterocycles. The second-order valence-electron chi connectivity index (χ2n) is 7.14. The van der Waals surface area contributed by atoms with Crippen molar-refractivity contribution in [3.63, 3.8) is 0 Å². The van der Waals surface area contributed by atoms with E-state index in [4.69, 9.17) is 13.9 Å². The van der Waals surface area contributed by atoms with Gasteiger partial charge in [-0.3, -0.25) is 9.36 Å². The minimum atomic E-state index is -0.363. The predicted molar refractivity (Wildman–Crippen MR) is 121 cm³/mol. The Morgan fingerprint density at radius 1 is 1.06 bits per heavy atom. The number of benzene rings is 2. The Balaban J connectivity index is 1.25. The highest BCUT2D eigenvalue weighted by atomic mass is 16.5. The number of amides is 1. The topological polar surface area (TPSA) is 104 Å². The molecule has 0 unspecified atom stereocenters. The number of hydrogen-bond acceptors (Lipinski definition) is 7. The van der Waals surface area contributed by atoms with Gasteiger partial charge in [-0.05, 0) is 49.4 Å². The van der Waals surface area contributed by atoms with Gasteiger partial charge in [0.1, 0.15) is 11.6 Å². The number of furan rings is 1. The van der Waals surface area contributed by atoms with Gasteiger partial charge in [0.15, 0.2) is 22.9 Å². The number of nitrogens with one attached hydrogen (secondary N) is 1. The van der Waals surface area contributed by atoms with E-state index >= 15 is 0 Å². The lowest BCUT2D eigenvalue weighted by Gasteiger charge is -2.07. The molecule has 0 spiro atoms. The number of imidazole rings is 1. The third-order valence-corrected chi connectivity index (χ3v) is 4.98. The summed E-state index contributed by atoms with van der Waals surface area (Å²) in [5, 5.41) is 11.9. The summed E-state index contributed by atoms with van der Waals surface area (Å²) >= 11 is 0. The van der Waals surface area contributed by atoms with Gasteiger partial charge in [-0.1, -0.05) is 12.1 Å². The number of para-hydroxylation sites is 1. The first-order valence-corrected chi connectivity index (χ1v) is 10.1. The van der Waals surface area contributed by atoms with E-state index in [2.05, 4.69) is 20.5 Å². The number of aromatic nitrogens is 4. The molecule has 1 N–H and O–H groups in total. The summed E-state index contributed by atoms with van der Waals surface area (Å²) in [6, 6.07) is 17.6. The first-order valence-electron chi connectivity index (χ1n) is 10.1. The number of aryl methyl sites for hydroxylation is 1. The smallest absolute Gasteiger partial charge is 0.291 e. The third kappa shape index (κ3) is 4.11. The second kappa shape index (κ2) is 8.46. The van der Waals surface area contributed by atoms with E-state index in [1.165, 1.54) is 0 Å². The molecular formula is C24H19N5O4. The fraction of sp³-hybridized carbons (Fsp3) is 0.0833. The van der Waals surface area contributed by atoms with Gasteiger partial charge < -0.3 is 19.2 Å². The largest absolute Gasteiger partial charge is 0.493 e. The fourth-order valence-corrected chi connectivity index (χ4v) is 3.34. The molecule has 0 aliphatic carbocycles. The SMILES string of the molecule is COc1cccc2cc(C(=O)Nc3ccc(Oc4ccc(-n5ccnc5C)nn4)cc3)oc12. The van der Waals surface area contributed by atoms with E-state index in [9.17, 15) is 4.79 Å². The lowest BCUT2D eigenvalue weighted by molar-refractivity contribution is 0.0998. The van der Waals surface area contributed by atoms with Crippen molar-refractivity contribution >= 4 is 22.6 Å². The standard InChI is InChI=1S/C24H19N5O4/c1-15-25-12-13-29(15)21-10-11-22(28-27-21)32-18-8-6-17(7-9-18)26-24(30)20-14-16-4-3-5-19(31-2)23(16)33-20/h3-14H,1-2H3,(H,26,30). The molecule has 0 atom stereocenters. The zero-order valence-corrected chi connectivity index (χ0v) is 17.9. The molecule has 0 radical (unpaired) electrons. The molecule has 0 saturated heterocycles. The molecule has 2 aromatic carbocycles. The van der Waals surface area contributed by atoms with Gasteiger partial charge in [-0.15, -0.1) is 10.2 Å². The van der Waals surface area contributed by atoms with Crippen LogP contribution in [-0.2, 0) is 0 Å². The molecule has 9 nitrogen and oxygen atoms in total. The number of carbonyl (C=O) groups is 1. The lowest BCUT2D eigenvalue weighted by Crippen LogP contribution is -2.10. The van der Waals surface area contributed by atoms with E-state index in [-0.39, 0.29) is 11.7 Å². The molecule has 1 amide bonds. The Kier molecular flexibility index (Phi) is 5.19. The van der Waals surface area contributed by atoms with Crippen molar-refractivity contribution in [1.82, 2.24) is 19.7 Å². The molecule has 164 valence electrons. The highest BCUT2D eigenvalue weighted by molar-refractivity contribution is 6.05. The summed E-state index contributed by atoms with van der Waals surface area (Å²) in [5.41, 5.74) is 1.13. The van der Waals surface area contributed by atoms with Gasteiger partial charge in [-0.2, -0.15) is 0 Å². The quantitative estimate of drug-likeness (QED) is 0.405. The molecule has 0 bridgehead atoms. The van der Waals surface area contributed by atoms with Crippen LogP contribution in [-0.4, -0.2) is 32.8 Å². The van der Waals surface area contributed by atoms with E-state index in [0.29, 0.717) is 34.5 Å². The van der Waals surface area contributed by atoms with Crippen molar-refractivity contribution in [2.75, 3.05) is 12.4 Å². The molecule has 9 heteroatoms.